The van der Waals surface area contributed by atoms with Gasteiger partial charge in [0, 0.05) is 34.6 Å². The van der Waals surface area contributed by atoms with Crippen LogP contribution < -0.4 is 10.6 Å². The summed E-state index contributed by atoms with van der Waals surface area (Å²) < 4.78 is 27.6. The molecule has 5 rings (SSSR count). The molecule has 2 aromatic carbocycles. The van der Waals surface area contributed by atoms with Gasteiger partial charge in [-0.3, -0.25) is 9.59 Å². The van der Waals surface area contributed by atoms with Gasteiger partial charge in [-0.2, -0.15) is 4.31 Å². The first-order chi connectivity index (χ1) is 16.3. The van der Waals surface area contributed by atoms with Crippen LogP contribution in [-0.2, 0) is 27.9 Å². The van der Waals surface area contributed by atoms with E-state index in [0.29, 0.717) is 16.4 Å². The standard InChI is InChI=1S/C24H20N4O4S2/c1-2-22(29)27-23-12-16-13-28(14-21(16)33-23)34(31,32)18-9-7-17(8-10-18)25-24(30)20-11-15-5-3-4-6-19(15)26-20/h2-12,26H,1,13-14H2,(H,25,30)(H,27,29). The molecular formula is C24H20N4O4S2. The van der Waals surface area contributed by atoms with Crippen molar-refractivity contribution in [1.82, 2.24) is 9.29 Å². The maximum atomic E-state index is 13.1. The van der Waals surface area contributed by atoms with Gasteiger partial charge in [-0.1, -0.05) is 24.8 Å². The molecule has 0 atom stereocenters. The van der Waals surface area contributed by atoms with Gasteiger partial charge in [0.2, 0.25) is 15.9 Å². The number of hydrogen-bond donors (Lipinski definition) is 3. The number of carbonyl (C=O) groups excluding carboxylic acids is 2. The number of fused-ring (bicyclic) bond motifs is 2. The molecule has 0 aliphatic carbocycles. The average molecular weight is 493 g/mol. The lowest BCUT2D eigenvalue weighted by atomic mass is 10.2. The van der Waals surface area contributed by atoms with Crippen LogP contribution in [0.25, 0.3) is 10.9 Å². The second-order valence-electron chi connectivity index (χ2n) is 7.77. The number of nitrogens with zero attached hydrogens (tertiary/aromatic N) is 1. The fourth-order valence-corrected chi connectivity index (χ4v) is 6.36. The first-order valence-corrected chi connectivity index (χ1v) is 12.6. The van der Waals surface area contributed by atoms with Gasteiger partial charge in [0.1, 0.15) is 5.69 Å². The summed E-state index contributed by atoms with van der Waals surface area (Å²) in [4.78, 5) is 28.2. The molecule has 0 bridgehead atoms. The van der Waals surface area contributed by atoms with Crippen molar-refractivity contribution in [2.24, 2.45) is 0 Å². The zero-order valence-electron chi connectivity index (χ0n) is 17.9. The summed E-state index contributed by atoms with van der Waals surface area (Å²) in [6.07, 6.45) is 1.19. The van der Waals surface area contributed by atoms with Crippen LogP contribution in [-0.4, -0.2) is 29.5 Å². The van der Waals surface area contributed by atoms with E-state index < -0.39 is 10.0 Å². The molecule has 3 heterocycles. The molecule has 1 aliphatic rings. The minimum atomic E-state index is -3.71. The molecule has 2 aromatic heterocycles. The first kappa shape index (κ1) is 22.1. The van der Waals surface area contributed by atoms with Gasteiger partial charge in [-0.15, -0.1) is 11.3 Å². The molecule has 172 valence electrons. The van der Waals surface area contributed by atoms with E-state index in [9.17, 15) is 18.0 Å². The maximum absolute atomic E-state index is 13.1. The Morgan fingerprint density at radius 1 is 1.03 bits per heavy atom. The van der Waals surface area contributed by atoms with Crippen LogP contribution in [0.2, 0.25) is 0 Å². The quantitative estimate of drug-likeness (QED) is 0.348. The summed E-state index contributed by atoms with van der Waals surface area (Å²) in [7, 11) is -3.71. The Hall–Kier alpha value is -3.73. The minimum absolute atomic E-state index is 0.145. The number of amides is 2. The molecule has 1 aliphatic heterocycles. The lowest BCUT2D eigenvalue weighted by molar-refractivity contribution is -0.111. The van der Waals surface area contributed by atoms with E-state index in [2.05, 4.69) is 22.2 Å². The van der Waals surface area contributed by atoms with Gasteiger partial charge in [-0.25, -0.2) is 8.42 Å². The summed E-state index contributed by atoms with van der Waals surface area (Å²) in [5, 5.41) is 7.09. The van der Waals surface area contributed by atoms with Crippen molar-refractivity contribution in [2.75, 3.05) is 10.6 Å². The van der Waals surface area contributed by atoms with E-state index in [-0.39, 0.29) is 29.8 Å². The zero-order valence-corrected chi connectivity index (χ0v) is 19.5. The molecule has 0 saturated carbocycles. The molecule has 0 radical (unpaired) electrons. The van der Waals surface area contributed by atoms with Gasteiger partial charge in [-0.05, 0) is 54.1 Å². The van der Waals surface area contributed by atoms with E-state index in [1.54, 1.807) is 24.3 Å². The Kier molecular flexibility index (Phi) is 5.56. The number of H-pyrrole nitrogens is 1. The number of anilines is 2. The van der Waals surface area contributed by atoms with Gasteiger partial charge >= 0.3 is 0 Å². The molecule has 3 N–H and O–H groups in total. The Labute approximate surface area is 200 Å². The number of benzene rings is 2. The van der Waals surface area contributed by atoms with E-state index in [1.807, 2.05) is 24.3 Å². The van der Waals surface area contributed by atoms with Crippen LogP contribution in [0.3, 0.4) is 0 Å². The van der Waals surface area contributed by atoms with Crippen LogP contribution >= 0.6 is 11.3 Å². The minimum Gasteiger partial charge on any atom is -0.351 e. The smallest absolute Gasteiger partial charge is 0.272 e. The maximum Gasteiger partial charge on any atom is 0.272 e. The SMILES string of the molecule is C=CC(=O)Nc1cc2c(s1)CN(S(=O)(=O)c1ccc(NC(=O)c3cc4ccccc4[nH]3)cc1)C2. The van der Waals surface area contributed by atoms with Crippen molar-refractivity contribution in [1.29, 1.82) is 0 Å². The van der Waals surface area contributed by atoms with Crippen molar-refractivity contribution in [3.63, 3.8) is 0 Å². The van der Waals surface area contributed by atoms with Gasteiger partial charge in [0.05, 0.1) is 9.90 Å². The van der Waals surface area contributed by atoms with Crippen molar-refractivity contribution >= 4 is 54.8 Å². The van der Waals surface area contributed by atoms with Crippen LogP contribution in [0.15, 0.2) is 78.2 Å². The fourth-order valence-electron chi connectivity index (χ4n) is 3.80. The van der Waals surface area contributed by atoms with E-state index in [4.69, 9.17) is 0 Å². The molecule has 2 amide bonds. The Bertz CT molecular complexity index is 1480. The highest BCUT2D eigenvalue weighted by Crippen LogP contribution is 2.37. The predicted octanol–water partition coefficient (Wildman–Crippen LogP) is 4.31. The van der Waals surface area contributed by atoms with E-state index in [0.717, 1.165) is 21.3 Å². The molecule has 34 heavy (non-hydrogen) atoms. The molecule has 0 spiro atoms. The molecular weight excluding hydrogens is 472 g/mol. The molecule has 10 heteroatoms. The fraction of sp³-hybridized carbons (Fsp3) is 0.0833. The summed E-state index contributed by atoms with van der Waals surface area (Å²) in [6.45, 7) is 3.90. The lowest BCUT2D eigenvalue weighted by Gasteiger charge is -2.16. The highest BCUT2D eigenvalue weighted by molar-refractivity contribution is 7.89. The second kappa shape index (κ2) is 8.56. The number of aromatic nitrogens is 1. The first-order valence-electron chi connectivity index (χ1n) is 10.4. The normalized spacial score (nSPS) is 13.5. The van der Waals surface area contributed by atoms with Crippen LogP contribution in [0.1, 0.15) is 20.9 Å². The molecule has 4 aromatic rings. The molecule has 0 fully saturated rings. The van der Waals surface area contributed by atoms with Gasteiger partial charge in [0.15, 0.2) is 0 Å². The number of sulfonamides is 1. The van der Waals surface area contributed by atoms with Crippen molar-refractivity contribution in [2.45, 2.75) is 18.0 Å². The predicted molar refractivity (Wildman–Crippen MR) is 132 cm³/mol. The third-order valence-electron chi connectivity index (χ3n) is 5.52. The zero-order chi connectivity index (χ0) is 23.9. The van der Waals surface area contributed by atoms with Crippen molar-refractivity contribution in [3.8, 4) is 0 Å². The topological polar surface area (TPSA) is 111 Å². The number of para-hydroxylation sites is 1. The van der Waals surface area contributed by atoms with Crippen LogP contribution in [0, 0.1) is 0 Å². The number of nitrogens with one attached hydrogen (secondary N) is 3. The molecule has 0 unspecified atom stereocenters. The molecule has 0 saturated heterocycles. The summed E-state index contributed by atoms with van der Waals surface area (Å²) in [5.41, 5.74) is 2.65. The van der Waals surface area contributed by atoms with Gasteiger partial charge in [0.25, 0.3) is 5.91 Å². The Balaban J connectivity index is 1.26. The third kappa shape index (κ3) is 4.14. The number of aromatic amines is 1. The van der Waals surface area contributed by atoms with Crippen molar-refractivity contribution in [3.05, 3.63) is 89.5 Å². The Morgan fingerprint density at radius 2 is 1.79 bits per heavy atom. The number of rotatable bonds is 6. The molecule has 8 nitrogen and oxygen atoms in total. The van der Waals surface area contributed by atoms with Gasteiger partial charge < -0.3 is 15.6 Å². The number of hydrogen-bond acceptors (Lipinski definition) is 5. The summed E-state index contributed by atoms with van der Waals surface area (Å²) >= 11 is 1.35. The lowest BCUT2D eigenvalue weighted by Crippen LogP contribution is -2.25. The monoisotopic (exact) mass is 492 g/mol. The van der Waals surface area contributed by atoms with E-state index in [1.165, 1.54) is 33.9 Å². The third-order valence-corrected chi connectivity index (χ3v) is 8.40. The number of thiophene rings is 1. The van der Waals surface area contributed by atoms with E-state index >= 15 is 0 Å². The highest BCUT2D eigenvalue weighted by Gasteiger charge is 2.32. The van der Waals surface area contributed by atoms with Crippen LogP contribution in [0.4, 0.5) is 10.7 Å². The van der Waals surface area contributed by atoms with Crippen molar-refractivity contribution < 1.29 is 18.0 Å². The largest absolute Gasteiger partial charge is 0.351 e. The summed E-state index contributed by atoms with van der Waals surface area (Å²) in [5.74, 6) is -0.615. The Morgan fingerprint density at radius 3 is 2.50 bits per heavy atom. The average Bonchev–Trinajstić information content (AvgIpc) is 3.52. The second-order valence-corrected chi connectivity index (χ2v) is 10.8. The van der Waals surface area contributed by atoms with Crippen LogP contribution in [0.5, 0.6) is 0 Å². The number of carbonyl (C=O) groups is 2. The highest BCUT2D eigenvalue weighted by atomic mass is 32.2. The summed E-state index contributed by atoms with van der Waals surface area (Å²) in [6, 6.07) is 17.3.